The van der Waals surface area contributed by atoms with Crippen LogP contribution in [0, 0.1) is 0 Å². The zero-order chi connectivity index (χ0) is 22.7. The summed E-state index contributed by atoms with van der Waals surface area (Å²) in [6.07, 6.45) is 0. The molecular formula is C27H14Cl2O4. The summed E-state index contributed by atoms with van der Waals surface area (Å²) in [4.78, 5) is 22.9. The van der Waals surface area contributed by atoms with Gasteiger partial charge < -0.3 is 9.47 Å². The van der Waals surface area contributed by atoms with Crippen LogP contribution in [0.25, 0.3) is 22.3 Å². The number of carbonyl (C=O) groups is 2. The second-order valence-corrected chi connectivity index (χ2v) is 8.55. The number of fused-ring (bicyclic) bond motifs is 10. The van der Waals surface area contributed by atoms with E-state index >= 15 is 0 Å². The number of benzene rings is 4. The fourth-order valence-electron chi connectivity index (χ4n) is 5.41. The molecule has 0 aliphatic heterocycles. The van der Waals surface area contributed by atoms with E-state index in [2.05, 4.69) is 24.3 Å². The van der Waals surface area contributed by atoms with Gasteiger partial charge in [0.25, 0.3) is 0 Å². The van der Waals surface area contributed by atoms with E-state index in [1.165, 1.54) is 0 Å². The van der Waals surface area contributed by atoms with Crippen LogP contribution in [0.15, 0.2) is 84.9 Å². The molecule has 0 heterocycles. The molecule has 1 spiro atoms. The number of rotatable bonds is 2. The minimum Gasteiger partial charge on any atom is -0.414 e. The monoisotopic (exact) mass is 472 g/mol. The quantitative estimate of drug-likeness (QED) is 0.244. The molecule has 0 bridgehead atoms. The van der Waals surface area contributed by atoms with Crippen molar-refractivity contribution in [2.24, 2.45) is 0 Å². The number of hydrogen-bond acceptors (Lipinski definition) is 4. The minimum absolute atomic E-state index is 0.357. The molecule has 0 saturated carbocycles. The summed E-state index contributed by atoms with van der Waals surface area (Å²) < 4.78 is 10.5. The summed E-state index contributed by atoms with van der Waals surface area (Å²) in [5, 5.41) is 0. The number of carbonyl (C=O) groups excluding carboxylic acids is 2. The standard InChI is InChI=1S/C27H14Cl2O4/c28-25(30)32-15-9-11-19-17-5-1-3-7-21(17)27(23(19)13-15)22-8-4-2-6-18(22)20-12-10-16(14-24(20)27)33-26(29)31/h1-14H. The maximum Gasteiger partial charge on any atom is 0.409 e. The smallest absolute Gasteiger partial charge is 0.409 e. The third-order valence-electron chi connectivity index (χ3n) is 6.43. The molecule has 0 saturated heterocycles. The zero-order valence-electron chi connectivity index (χ0n) is 17.0. The molecule has 6 rings (SSSR count). The molecule has 0 fully saturated rings. The van der Waals surface area contributed by atoms with E-state index in [1.54, 1.807) is 12.1 Å². The van der Waals surface area contributed by atoms with Crippen LogP contribution in [0.1, 0.15) is 22.3 Å². The third-order valence-corrected chi connectivity index (χ3v) is 6.58. The van der Waals surface area contributed by atoms with Crippen LogP contribution in [0.2, 0.25) is 0 Å². The Labute approximate surface area is 199 Å². The maximum atomic E-state index is 11.5. The van der Waals surface area contributed by atoms with Crippen LogP contribution >= 0.6 is 23.2 Å². The molecule has 2 aliphatic rings. The van der Waals surface area contributed by atoms with Gasteiger partial charge in [0.05, 0.1) is 5.41 Å². The summed E-state index contributed by atoms with van der Waals surface area (Å²) in [6.45, 7) is 0. The van der Waals surface area contributed by atoms with Gasteiger partial charge in [0, 0.05) is 23.2 Å². The Morgan fingerprint density at radius 2 is 0.939 bits per heavy atom. The van der Waals surface area contributed by atoms with Gasteiger partial charge in [-0.1, -0.05) is 60.7 Å². The van der Waals surface area contributed by atoms with Crippen LogP contribution in [0.5, 0.6) is 11.5 Å². The van der Waals surface area contributed by atoms with E-state index < -0.39 is 16.3 Å². The average molecular weight is 473 g/mol. The van der Waals surface area contributed by atoms with Crippen LogP contribution < -0.4 is 9.47 Å². The summed E-state index contributed by atoms with van der Waals surface area (Å²) in [7, 11) is 0. The van der Waals surface area contributed by atoms with E-state index in [0.717, 1.165) is 44.5 Å². The minimum atomic E-state index is -0.900. The molecule has 6 heteroatoms. The Hall–Kier alpha value is -3.60. The van der Waals surface area contributed by atoms with Crippen LogP contribution in [0.4, 0.5) is 9.59 Å². The van der Waals surface area contributed by atoms with Crippen molar-refractivity contribution in [3.8, 4) is 33.8 Å². The topological polar surface area (TPSA) is 52.6 Å². The molecular weight excluding hydrogens is 459 g/mol. The van der Waals surface area contributed by atoms with Crippen molar-refractivity contribution in [2.75, 3.05) is 0 Å². The number of halogens is 2. The van der Waals surface area contributed by atoms with Crippen LogP contribution in [-0.2, 0) is 5.41 Å². The summed E-state index contributed by atoms with van der Waals surface area (Å²) in [5.41, 5.74) is 5.83. The van der Waals surface area contributed by atoms with Gasteiger partial charge in [-0.2, -0.15) is 0 Å². The van der Waals surface area contributed by atoms with Crippen molar-refractivity contribution in [1.29, 1.82) is 0 Å². The first-order chi connectivity index (χ1) is 16.0. The molecule has 0 unspecified atom stereocenters. The lowest BCUT2D eigenvalue weighted by Crippen LogP contribution is -2.26. The highest BCUT2D eigenvalue weighted by atomic mass is 35.5. The second kappa shape index (κ2) is 7.20. The summed E-state index contributed by atoms with van der Waals surface area (Å²) >= 11 is 11.0. The van der Waals surface area contributed by atoms with Crippen molar-refractivity contribution < 1.29 is 19.1 Å². The van der Waals surface area contributed by atoms with Crippen molar-refractivity contribution in [3.63, 3.8) is 0 Å². The Morgan fingerprint density at radius 1 is 0.545 bits per heavy atom. The van der Waals surface area contributed by atoms with E-state index in [-0.39, 0.29) is 0 Å². The van der Waals surface area contributed by atoms with Gasteiger partial charge in [-0.25, -0.2) is 9.59 Å². The lowest BCUT2D eigenvalue weighted by molar-refractivity contribution is 0.224. The average Bonchev–Trinajstić information content (AvgIpc) is 3.25. The molecule has 4 aromatic carbocycles. The first-order valence-corrected chi connectivity index (χ1v) is 11.0. The van der Waals surface area contributed by atoms with Gasteiger partial charge in [0.2, 0.25) is 0 Å². The fraction of sp³-hybridized carbons (Fsp3) is 0.0370. The molecule has 0 N–H and O–H groups in total. The Bertz CT molecular complexity index is 1380. The predicted octanol–water partition coefficient (Wildman–Crippen LogP) is 7.51. The van der Waals surface area contributed by atoms with Crippen LogP contribution in [0.3, 0.4) is 0 Å². The highest BCUT2D eigenvalue weighted by Crippen LogP contribution is 2.63. The molecule has 0 atom stereocenters. The van der Waals surface area contributed by atoms with Gasteiger partial charge >= 0.3 is 10.9 Å². The van der Waals surface area contributed by atoms with Gasteiger partial charge in [-0.05, 0) is 68.8 Å². The summed E-state index contributed by atoms with van der Waals surface area (Å²) in [6, 6.07) is 27.5. The molecule has 33 heavy (non-hydrogen) atoms. The summed E-state index contributed by atoms with van der Waals surface area (Å²) in [5.74, 6) is 0.713. The Kier molecular flexibility index (Phi) is 4.37. The zero-order valence-corrected chi connectivity index (χ0v) is 18.5. The second-order valence-electron chi connectivity index (χ2n) is 7.94. The first-order valence-electron chi connectivity index (χ1n) is 10.2. The predicted molar refractivity (Wildman–Crippen MR) is 126 cm³/mol. The van der Waals surface area contributed by atoms with Crippen molar-refractivity contribution in [2.45, 2.75) is 5.41 Å². The third kappa shape index (κ3) is 2.78. The van der Waals surface area contributed by atoms with Gasteiger partial charge in [-0.3, -0.25) is 0 Å². The van der Waals surface area contributed by atoms with E-state index in [0.29, 0.717) is 11.5 Å². The van der Waals surface area contributed by atoms with Gasteiger partial charge in [0.15, 0.2) is 0 Å². The van der Waals surface area contributed by atoms with Crippen molar-refractivity contribution >= 4 is 34.1 Å². The number of ether oxygens (including phenoxy) is 2. The Balaban J connectivity index is 1.74. The highest BCUT2D eigenvalue weighted by molar-refractivity contribution is 6.61. The molecule has 4 aromatic rings. The highest BCUT2D eigenvalue weighted by Gasteiger charge is 2.52. The molecule has 0 radical (unpaired) electrons. The molecule has 4 nitrogen and oxygen atoms in total. The molecule has 0 aromatic heterocycles. The largest absolute Gasteiger partial charge is 0.414 e. The molecule has 0 amide bonds. The number of hydrogen-bond donors (Lipinski definition) is 0. The van der Waals surface area contributed by atoms with Gasteiger partial charge in [0.1, 0.15) is 11.5 Å². The van der Waals surface area contributed by atoms with Gasteiger partial charge in [-0.15, -0.1) is 0 Å². The lowest BCUT2D eigenvalue weighted by Gasteiger charge is -2.30. The van der Waals surface area contributed by atoms with Crippen molar-refractivity contribution in [3.05, 3.63) is 107 Å². The van der Waals surface area contributed by atoms with Crippen LogP contribution in [-0.4, -0.2) is 10.9 Å². The molecule has 160 valence electrons. The Morgan fingerprint density at radius 3 is 1.36 bits per heavy atom. The van der Waals surface area contributed by atoms with E-state index in [9.17, 15) is 9.59 Å². The fourth-order valence-corrected chi connectivity index (χ4v) is 5.59. The molecule has 2 aliphatic carbocycles. The normalized spacial score (nSPS) is 13.6. The van der Waals surface area contributed by atoms with E-state index in [4.69, 9.17) is 32.7 Å². The van der Waals surface area contributed by atoms with Crippen molar-refractivity contribution in [1.82, 2.24) is 0 Å². The lowest BCUT2D eigenvalue weighted by atomic mass is 9.70. The van der Waals surface area contributed by atoms with E-state index in [1.807, 2.05) is 48.5 Å². The SMILES string of the molecule is O=C(Cl)Oc1ccc2c(c1)C1(c3ccccc3-2)c2ccccc2-c2ccc(OC(=O)Cl)cc21. The maximum absolute atomic E-state index is 11.5. The first kappa shape index (κ1) is 20.0.